The lowest BCUT2D eigenvalue weighted by Crippen LogP contribution is -2.43. The molecule has 0 spiro atoms. The lowest BCUT2D eigenvalue weighted by atomic mass is 10.1. The molecule has 3 heterocycles. The fourth-order valence-corrected chi connectivity index (χ4v) is 2.84. The summed E-state index contributed by atoms with van der Waals surface area (Å²) in [5.74, 6) is 0.0128. The first-order chi connectivity index (χ1) is 10.6. The molecular formula is C14H20N6O2. The van der Waals surface area contributed by atoms with Gasteiger partial charge in [-0.1, -0.05) is 6.42 Å². The lowest BCUT2D eigenvalue weighted by molar-refractivity contribution is 0.0723. The standard InChI is InChI=1S/C14H20N6O2/c1-18(2)10-5-3-4-6-19(8-10)12(21)11-7-15-14-16-9-17-20(14)13(11)22/h7,9-10H,3-6,8H2,1-2H3,(H,15,16,17)/t10-/m0/s1. The van der Waals surface area contributed by atoms with Gasteiger partial charge in [0.2, 0.25) is 0 Å². The minimum atomic E-state index is -0.404. The normalized spacial score (nSPS) is 19.6. The highest BCUT2D eigenvalue weighted by molar-refractivity contribution is 5.93. The van der Waals surface area contributed by atoms with Crippen LogP contribution < -0.4 is 5.56 Å². The molecule has 1 fully saturated rings. The predicted octanol–water partition coefficient (Wildman–Crippen LogP) is -0.0261. The molecule has 118 valence electrons. The van der Waals surface area contributed by atoms with Crippen molar-refractivity contribution in [3.8, 4) is 0 Å². The SMILES string of the molecule is CN(C)[C@H]1CCCCN(C(=O)c2cnc3nc[nH]n3c2=O)C1. The summed E-state index contributed by atoms with van der Waals surface area (Å²) in [6.45, 7) is 1.31. The molecule has 0 saturated carbocycles. The molecule has 0 radical (unpaired) electrons. The van der Waals surface area contributed by atoms with Crippen LogP contribution >= 0.6 is 0 Å². The van der Waals surface area contributed by atoms with Gasteiger partial charge in [-0.15, -0.1) is 0 Å². The van der Waals surface area contributed by atoms with Crippen molar-refractivity contribution in [1.82, 2.24) is 29.4 Å². The van der Waals surface area contributed by atoms with Crippen LogP contribution in [0.25, 0.3) is 5.78 Å². The first kappa shape index (κ1) is 14.7. The number of H-pyrrole nitrogens is 1. The van der Waals surface area contributed by atoms with Gasteiger partial charge >= 0.3 is 0 Å². The van der Waals surface area contributed by atoms with E-state index in [1.54, 1.807) is 4.90 Å². The van der Waals surface area contributed by atoms with E-state index in [1.807, 2.05) is 14.1 Å². The van der Waals surface area contributed by atoms with Crippen molar-refractivity contribution < 1.29 is 4.79 Å². The second-order valence-corrected chi connectivity index (χ2v) is 5.86. The third-order valence-corrected chi connectivity index (χ3v) is 4.20. The predicted molar refractivity (Wildman–Crippen MR) is 80.8 cm³/mol. The molecule has 0 aromatic carbocycles. The van der Waals surface area contributed by atoms with Gasteiger partial charge in [0.05, 0.1) is 0 Å². The van der Waals surface area contributed by atoms with Crippen LogP contribution in [0.3, 0.4) is 0 Å². The quantitative estimate of drug-likeness (QED) is 0.842. The molecule has 1 aliphatic rings. The van der Waals surface area contributed by atoms with Crippen LogP contribution in [0, 0.1) is 0 Å². The Morgan fingerprint density at radius 3 is 2.95 bits per heavy atom. The molecule has 8 heteroatoms. The Hall–Kier alpha value is -2.22. The van der Waals surface area contributed by atoms with Crippen LogP contribution in [0.2, 0.25) is 0 Å². The molecule has 1 aliphatic heterocycles. The number of carbonyl (C=O) groups excluding carboxylic acids is 1. The van der Waals surface area contributed by atoms with E-state index in [1.165, 1.54) is 17.0 Å². The summed E-state index contributed by atoms with van der Waals surface area (Å²) in [6, 6.07) is 0.318. The first-order valence-electron chi connectivity index (χ1n) is 7.45. The van der Waals surface area contributed by atoms with Crippen molar-refractivity contribution >= 4 is 11.7 Å². The Bertz CT molecular complexity index is 734. The van der Waals surface area contributed by atoms with Gasteiger partial charge in [-0.25, -0.2) is 9.97 Å². The van der Waals surface area contributed by atoms with Gasteiger partial charge in [-0.05, 0) is 26.9 Å². The summed E-state index contributed by atoms with van der Waals surface area (Å²) in [4.78, 5) is 37.0. The third-order valence-electron chi connectivity index (χ3n) is 4.20. The molecule has 3 rings (SSSR count). The first-order valence-corrected chi connectivity index (χ1v) is 7.45. The number of carbonyl (C=O) groups is 1. The van der Waals surface area contributed by atoms with Crippen LogP contribution in [0.5, 0.6) is 0 Å². The molecule has 2 aromatic heterocycles. The van der Waals surface area contributed by atoms with Gasteiger partial charge in [0.25, 0.3) is 17.2 Å². The van der Waals surface area contributed by atoms with Crippen LogP contribution in [0.4, 0.5) is 0 Å². The number of fused-ring (bicyclic) bond motifs is 1. The fourth-order valence-electron chi connectivity index (χ4n) is 2.84. The number of hydrogen-bond acceptors (Lipinski definition) is 5. The monoisotopic (exact) mass is 304 g/mol. The molecule has 0 aliphatic carbocycles. The highest BCUT2D eigenvalue weighted by Gasteiger charge is 2.26. The number of nitrogens with one attached hydrogen (secondary N) is 1. The second-order valence-electron chi connectivity index (χ2n) is 5.86. The number of aromatic amines is 1. The number of likely N-dealkylation sites (tertiary alicyclic amines) is 1. The number of amides is 1. The van der Waals surface area contributed by atoms with Crippen LogP contribution in [0.1, 0.15) is 29.6 Å². The maximum Gasteiger partial charge on any atom is 0.286 e. The molecule has 1 amide bonds. The summed E-state index contributed by atoms with van der Waals surface area (Å²) in [5, 5.41) is 2.68. The van der Waals surface area contributed by atoms with Gasteiger partial charge < -0.3 is 9.80 Å². The minimum absolute atomic E-state index is 0.0844. The molecule has 1 N–H and O–H groups in total. The summed E-state index contributed by atoms with van der Waals surface area (Å²) in [5.41, 5.74) is -0.320. The van der Waals surface area contributed by atoms with Crippen molar-refractivity contribution in [2.24, 2.45) is 0 Å². The lowest BCUT2D eigenvalue weighted by Gasteiger charge is -2.28. The molecule has 0 bridgehead atoms. The molecule has 0 unspecified atom stereocenters. The Labute approximate surface area is 127 Å². The maximum absolute atomic E-state index is 12.7. The highest BCUT2D eigenvalue weighted by Crippen LogP contribution is 2.15. The third kappa shape index (κ3) is 2.61. The summed E-state index contributed by atoms with van der Waals surface area (Å²) in [7, 11) is 4.04. The van der Waals surface area contributed by atoms with Crippen molar-refractivity contribution in [1.29, 1.82) is 0 Å². The average Bonchev–Trinajstić information content (AvgIpc) is 2.83. The van der Waals surface area contributed by atoms with Crippen molar-refractivity contribution in [2.45, 2.75) is 25.3 Å². The second kappa shape index (κ2) is 5.88. The fraction of sp³-hybridized carbons (Fsp3) is 0.571. The van der Waals surface area contributed by atoms with E-state index < -0.39 is 5.56 Å². The number of nitrogens with zero attached hydrogens (tertiary/aromatic N) is 5. The van der Waals surface area contributed by atoms with Gasteiger partial charge in [0.1, 0.15) is 11.9 Å². The summed E-state index contributed by atoms with van der Waals surface area (Å²) >= 11 is 0. The van der Waals surface area contributed by atoms with E-state index in [4.69, 9.17) is 0 Å². The van der Waals surface area contributed by atoms with Crippen molar-refractivity contribution in [3.63, 3.8) is 0 Å². The Morgan fingerprint density at radius 1 is 1.36 bits per heavy atom. The van der Waals surface area contributed by atoms with E-state index >= 15 is 0 Å². The highest BCUT2D eigenvalue weighted by atomic mass is 16.2. The van der Waals surface area contributed by atoms with E-state index in [2.05, 4.69) is 20.0 Å². The zero-order valence-electron chi connectivity index (χ0n) is 12.8. The number of aromatic nitrogens is 4. The van der Waals surface area contributed by atoms with Crippen molar-refractivity contribution in [3.05, 3.63) is 28.4 Å². The molecule has 1 atom stereocenters. The molecule has 22 heavy (non-hydrogen) atoms. The van der Waals surface area contributed by atoms with Gasteiger partial charge in [-0.2, -0.15) is 4.52 Å². The van der Waals surface area contributed by atoms with E-state index in [-0.39, 0.29) is 17.2 Å². The Morgan fingerprint density at radius 2 is 2.18 bits per heavy atom. The number of likely N-dealkylation sites (N-methyl/N-ethyl adjacent to an activating group) is 1. The smallest absolute Gasteiger partial charge is 0.286 e. The van der Waals surface area contributed by atoms with Gasteiger partial charge in [0.15, 0.2) is 0 Å². The Kier molecular flexibility index (Phi) is 3.93. The topological polar surface area (TPSA) is 86.6 Å². The zero-order valence-corrected chi connectivity index (χ0v) is 12.8. The average molecular weight is 304 g/mol. The summed E-state index contributed by atoms with van der Waals surface area (Å²) < 4.78 is 1.19. The van der Waals surface area contributed by atoms with E-state index in [0.717, 1.165) is 19.3 Å². The van der Waals surface area contributed by atoms with Gasteiger partial charge in [-0.3, -0.25) is 14.7 Å². The van der Waals surface area contributed by atoms with E-state index in [0.29, 0.717) is 19.1 Å². The minimum Gasteiger partial charge on any atom is -0.337 e. The maximum atomic E-state index is 12.7. The summed E-state index contributed by atoms with van der Waals surface area (Å²) in [6.07, 6.45) is 5.82. The van der Waals surface area contributed by atoms with Crippen LogP contribution in [-0.2, 0) is 0 Å². The molecule has 1 saturated heterocycles. The number of hydrogen-bond donors (Lipinski definition) is 1. The molecular weight excluding hydrogens is 284 g/mol. The van der Waals surface area contributed by atoms with Gasteiger partial charge in [0, 0.05) is 25.3 Å². The Balaban J connectivity index is 1.90. The van der Waals surface area contributed by atoms with E-state index in [9.17, 15) is 9.59 Å². The van der Waals surface area contributed by atoms with Crippen LogP contribution in [0.15, 0.2) is 17.3 Å². The zero-order chi connectivity index (χ0) is 15.7. The largest absolute Gasteiger partial charge is 0.337 e. The van der Waals surface area contributed by atoms with Crippen LogP contribution in [-0.4, -0.2) is 68.5 Å². The number of rotatable bonds is 2. The van der Waals surface area contributed by atoms with Crippen molar-refractivity contribution in [2.75, 3.05) is 27.2 Å². The molecule has 8 nitrogen and oxygen atoms in total. The molecule has 2 aromatic rings.